The Morgan fingerprint density at radius 2 is 1.95 bits per heavy atom. The monoisotopic (exact) mass is 275 g/mol. The molecule has 1 aromatic carbocycles. The highest BCUT2D eigenvalue weighted by Crippen LogP contribution is 2.14. The zero-order valence-electron chi connectivity index (χ0n) is 11.3. The molecule has 2 aromatic rings. The highest BCUT2D eigenvalue weighted by molar-refractivity contribution is 7.98. The summed E-state index contributed by atoms with van der Waals surface area (Å²) in [6, 6.07) is 8.18. The molecule has 0 fully saturated rings. The molecule has 0 spiro atoms. The minimum absolute atomic E-state index is 0.0592. The van der Waals surface area contributed by atoms with Gasteiger partial charge in [0.25, 0.3) is 5.56 Å². The molecule has 0 radical (unpaired) electrons. The molecule has 0 unspecified atom stereocenters. The first-order valence-corrected chi connectivity index (χ1v) is 7.21. The van der Waals surface area contributed by atoms with Gasteiger partial charge in [0, 0.05) is 38.0 Å². The van der Waals surface area contributed by atoms with Crippen LogP contribution in [0.15, 0.2) is 40.4 Å². The number of nitrogens with zero attached hydrogens (tertiary/aromatic N) is 2. The molecule has 0 saturated carbocycles. The Balaban J connectivity index is 2.19. The zero-order valence-corrected chi connectivity index (χ0v) is 12.1. The maximum absolute atomic E-state index is 11.9. The first-order valence-electron chi connectivity index (χ1n) is 5.98. The summed E-state index contributed by atoms with van der Waals surface area (Å²) in [5.41, 5.74) is 2.88. The Hall–Kier alpha value is -1.75. The highest BCUT2D eigenvalue weighted by atomic mass is 32.2. The average molecular weight is 275 g/mol. The van der Waals surface area contributed by atoms with Crippen LogP contribution >= 0.6 is 11.8 Å². The standard InChI is InChI=1S/C14H17N3OS/c1-17(2)12-6-4-10(5-7-12)8-11-9-15-14(19-3)16-13(11)18/h4-7,9H,8H2,1-3H3,(H,15,16,18). The van der Waals surface area contributed by atoms with E-state index in [1.165, 1.54) is 11.8 Å². The van der Waals surface area contributed by atoms with Crippen molar-refractivity contribution in [3.8, 4) is 0 Å². The van der Waals surface area contributed by atoms with Crippen molar-refractivity contribution in [2.45, 2.75) is 11.6 Å². The van der Waals surface area contributed by atoms with Crippen molar-refractivity contribution in [3.05, 3.63) is 51.9 Å². The van der Waals surface area contributed by atoms with Gasteiger partial charge in [-0.05, 0) is 24.0 Å². The number of aromatic nitrogens is 2. The lowest BCUT2D eigenvalue weighted by Crippen LogP contribution is -2.14. The molecule has 1 N–H and O–H groups in total. The Morgan fingerprint density at radius 3 is 2.47 bits per heavy atom. The normalized spacial score (nSPS) is 10.5. The molecule has 0 aliphatic carbocycles. The maximum atomic E-state index is 11.9. The molecule has 0 aliphatic heterocycles. The Morgan fingerprint density at radius 1 is 1.26 bits per heavy atom. The highest BCUT2D eigenvalue weighted by Gasteiger charge is 2.04. The van der Waals surface area contributed by atoms with E-state index in [0.29, 0.717) is 17.1 Å². The quantitative estimate of drug-likeness (QED) is 0.686. The zero-order chi connectivity index (χ0) is 13.8. The lowest BCUT2D eigenvalue weighted by Gasteiger charge is -2.12. The second-order valence-corrected chi connectivity index (χ2v) is 5.28. The summed E-state index contributed by atoms with van der Waals surface area (Å²) >= 11 is 1.43. The van der Waals surface area contributed by atoms with Gasteiger partial charge in [-0.3, -0.25) is 4.79 Å². The second-order valence-electron chi connectivity index (χ2n) is 4.48. The SMILES string of the molecule is CSc1ncc(Cc2ccc(N(C)C)cc2)c(=O)[nH]1. The molecule has 19 heavy (non-hydrogen) atoms. The van der Waals surface area contributed by atoms with E-state index in [9.17, 15) is 4.79 Å². The molecular weight excluding hydrogens is 258 g/mol. The number of anilines is 1. The number of H-pyrrole nitrogens is 1. The van der Waals surface area contributed by atoms with Crippen LogP contribution in [0.1, 0.15) is 11.1 Å². The van der Waals surface area contributed by atoms with Gasteiger partial charge in [0.2, 0.25) is 0 Å². The van der Waals surface area contributed by atoms with Crippen LogP contribution in [0.25, 0.3) is 0 Å². The molecule has 1 aromatic heterocycles. The molecule has 5 heteroatoms. The van der Waals surface area contributed by atoms with Crippen LogP contribution in [0.4, 0.5) is 5.69 Å². The molecule has 100 valence electrons. The van der Waals surface area contributed by atoms with Crippen LogP contribution in [-0.4, -0.2) is 30.3 Å². The van der Waals surface area contributed by atoms with Crippen molar-refractivity contribution in [2.24, 2.45) is 0 Å². The summed E-state index contributed by atoms with van der Waals surface area (Å²) in [7, 11) is 4.01. The minimum Gasteiger partial charge on any atom is -0.378 e. The van der Waals surface area contributed by atoms with E-state index in [4.69, 9.17) is 0 Å². The van der Waals surface area contributed by atoms with E-state index >= 15 is 0 Å². The summed E-state index contributed by atoms with van der Waals surface area (Å²) in [5.74, 6) is 0. The van der Waals surface area contributed by atoms with Gasteiger partial charge < -0.3 is 9.88 Å². The summed E-state index contributed by atoms with van der Waals surface area (Å²) in [4.78, 5) is 20.9. The van der Waals surface area contributed by atoms with Crippen molar-refractivity contribution in [1.82, 2.24) is 9.97 Å². The largest absolute Gasteiger partial charge is 0.378 e. The van der Waals surface area contributed by atoms with Gasteiger partial charge in [0.1, 0.15) is 0 Å². The van der Waals surface area contributed by atoms with E-state index in [1.807, 2.05) is 49.5 Å². The van der Waals surface area contributed by atoms with Crippen LogP contribution < -0.4 is 10.5 Å². The number of thioether (sulfide) groups is 1. The maximum Gasteiger partial charge on any atom is 0.255 e. The molecule has 2 rings (SSSR count). The first-order chi connectivity index (χ1) is 9.10. The lowest BCUT2D eigenvalue weighted by molar-refractivity contribution is 0.902. The predicted molar refractivity (Wildman–Crippen MR) is 80.2 cm³/mol. The summed E-state index contributed by atoms with van der Waals surface area (Å²) in [5, 5.41) is 0.650. The van der Waals surface area contributed by atoms with Crippen LogP contribution in [0, 0.1) is 0 Å². The van der Waals surface area contributed by atoms with E-state index in [-0.39, 0.29) is 5.56 Å². The number of hydrogen-bond acceptors (Lipinski definition) is 4. The van der Waals surface area contributed by atoms with Gasteiger partial charge >= 0.3 is 0 Å². The van der Waals surface area contributed by atoms with Crippen molar-refractivity contribution in [2.75, 3.05) is 25.3 Å². The first kappa shape index (κ1) is 13.7. The number of rotatable bonds is 4. The van der Waals surface area contributed by atoms with E-state index in [1.54, 1.807) is 6.20 Å². The molecule has 0 amide bonds. The Labute approximate surface area is 116 Å². The smallest absolute Gasteiger partial charge is 0.255 e. The van der Waals surface area contributed by atoms with Crippen molar-refractivity contribution >= 4 is 17.4 Å². The predicted octanol–water partition coefficient (Wildman–Crippen LogP) is 2.15. The number of hydrogen-bond donors (Lipinski definition) is 1. The molecule has 4 nitrogen and oxygen atoms in total. The number of aromatic amines is 1. The fourth-order valence-electron chi connectivity index (χ4n) is 1.77. The molecular formula is C14H17N3OS. The number of benzene rings is 1. The van der Waals surface area contributed by atoms with Crippen molar-refractivity contribution < 1.29 is 0 Å². The third-order valence-electron chi connectivity index (χ3n) is 2.89. The van der Waals surface area contributed by atoms with Crippen LogP contribution in [-0.2, 0) is 6.42 Å². The van der Waals surface area contributed by atoms with Gasteiger partial charge in [-0.25, -0.2) is 4.98 Å². The Bertz CT molecular complexity index is 605. The molecule has 1 heterocycles. The van der Waals surface area contributed by atoms with E-state index in [2.05, 4.69) is 9.97 Å². The van der Waals surface area contributed by atoms with E-state index < -0.39 is 0 Å². The van der Waals surface area contributed by atoms with Crippen LogP contribution in [0.3, 0.4) is 0 Å². The molecule has 0 bridgehead atoms. The van der Waals surface area contributed by atoms with Gasteiger partial charge in [-0.1, -0.05) is 23.9 Å². The number of nitrogens with one attached hydrogen (secondary N) is 1. The topological polar surface area (TPSA) is 49.0 Å². The third-order valence-corrected chi connectivity index (χ3v) is 3.48. The molecule has 0 saturated heterocycles. The summed E-state index contributed by atoms with van der Waals surface area (Å²) < 4.78 is 0. The second kappa shape index (κ2) is 5.93. The van der Waals surface area contributed by atoms with Crippen LogP contribution in [0.5, 0.6) is 0 Å². The van der Waals surface area contributed by atoms with Crippen molar-refractivity contribution in [1.29, 1.82) is 0 Å². The van der Waals surface area contributed by atoms with Crippen molar-refractivity contribution in [3.63, 3.8) is 0 Å². The summed E-state index contributed by atoms with van der Waals surface area (Å²) in [6.45, 7) is 0. The minimum atomic E-state index is -0.0592. The summed E-state index contributed by atoms with van der Waals surface area (Å²) in [6.07, 6.45) is 4.15. The van der Waals surface area contributed by atoms with Gasteiger partial charge in [0.05, 0.1) is 0 Å². The lowest BCUT2D eigenvalue weighted by atomic mass is 10.1. The molecule has 0 atom stereocenters. The fourth-order valence-corrected chi connectivity index (χ4v) is 2.12. The molecule has 0 aliphatic rings. The third kappa shape index (κ3) is 3.38. The van der Waals surface area contributed by atoms with Gasteiger partial charge in [-0.15, -0.1) is 0 Å². The Kier molecular flexibility index (Phi) is 4.27. The van der Waals surface area contributed by atoms with E-state index in [0.717, 1.165) is 11.3 Å². The van der Waals surface area contributed by atoms with Gasteiger partial charge in [0.15, 0.2) is 5.16 Å². The fraction of sp³-hybridized carbons (Fsp3) is 0.286. The van der Waals surface area contributed by atoms with Crippen LogP contribution in [0.2, 0.25) is 0 Å². The average Bonchev–Trinajstić information content (AvgIpc) is 2.41. The van der Waals surface area contributed by atoms with Gasteiger partial charge in [-0.2, -0.15) is 0 Å².